The molecule has 0 saturated heterocycles. The average Bonchev–Trinajstić information content (AvgIpc) is 2.53. The number of nitrogens with zero attached hydrogens (tertiary/aromatic N) is 1. The predicted octanol–water partition coefficient (Wildman–Crippen LogP) is 3.05. The van der Waals surface area contributed by atoms with Gasteiger partial charge in [-0.25, -0.2) is 0 Å². The molecular formula is C18H24N2O. The van der Waals surface area contributed by atoms with Crippen molar-refractivity contribution in [2.24, 2.45) is 5.73 Å². The molecule has 3 nitrogen and oxygen atoms in total. The van der Waals surface area contributed by atoms with Crippen molar-refractivity contribution in [3.8, 4) is 5.75 Å². The highest BCUT2D eigenvalue weighted by Crippen LogP contribution is 2.24. The van der Waals surface area contributed by atoms with Crippen molar-refractivity contribution >= 4 is 5.69 Å². The fourth-order valence-corrected chi connectivity index (χ4v) is 2.45. The lowest BCUT2D eigenvalue weighted by molar-refractivity contribution is 0.413. The lowest BCUT2D eigenvalue weighted by atomic mass is 9.92. The van der Waals surface area contributed by atoms with Crippen LogP contribution in [0.3, 0.4) is 0 Å². The zero-order valence-electron chi connectivity index (χ0n) is 13.0. The van der Waals surface area contributed by atoms with Gasteiger partial charge in [-0.05, 0) is 48.4 Å². The summed E-state index contributed by atoms with van der Waals surface area (Å²) in [4.78, 5) is 2.10. The van der Waals surface area contributed by atoms with Crippen molar-refractivity contribution in [1.29, 1.82) is 0 Å². The van der Waals surface area contributed by atoms with Crippen LogP contribution in [0.25, 0.3) is 0 Å². The van der Waals surface area contributed by atoms with Crippen molar-refractivity contribution in [3.05, 3.63) is 59.7 Å². The molecule has 0 spiro atoms. The third kappa shape index (κ3) is 3.99. The predicted molar refractivity (Wildman–Crippen MR) is 89.3 cm³/mol. The molecular weight excluding hydrogens is 260 g/mol. The number of nitrogens with two attached hydrogens (primary N) is 1. The normalized spacial score (nSPS) is 12.0. The van der Waals surface area contributed by atoms with Crippen LogP contribution in [0.5, 0.6) is 5.75 Å². The smallest absolute Gasteiger partial charge is 0.119 e. The lowest BCUT2D eigenvalue weighted by Crippen LogP contribution is -2.15. The molecule has 0 aliphatic carbocycles. The molecule has 2 rings (SSSR count). The summed E-state index contributed by atoms with van der Waals surface area (Å²) in [5.41, 5.74) is 9.72. The summed E-state index contributed by atoms with van der Waals surface area (Å²) in [6.07, 6.45) is 0.942. The van der Waals surface area contributed by atoms with Crippen molar-refractivity contribution < 1.29 is 4.74 Å². The molecule has 3 heteroatoms. The van der Waals surface area contributed by atoms with Crippen molar-refractivity contribution in [2.75, 3.05) is 32.6 Å². The zero-order chi connectivity index (χ0) is 15.2. The Morgan fingerprint density at radius 1 is 1.10 bits per heavy atom. The van der Waals surface area contributed by atoms with Crippen LogP contribution in [0.4, 0.5) is 5.69 Å². The van der Waals surface area contributed by atoms with Gasteiger partial charge in [0.2, 0.25) is 0 Å². The molecule has 0 saturated carbocycles. The highest BCUT2D eigenvalue weighted by molar-refractivity contribution is 5.46. The highest BCUT2D eigenvalue weighted by atomic mass is 16.5. The molecule has 2 N–H and O–H groups in total. The number of anilines is 1. The van der Waals surface area contributed by atoms with Crippen molar-refractivity contribution in [1.82, 2.24) is 0 Å². The third-order valence-corrected chi connectivity index (χ3v) is 3.78. The second-order valence-corrected chi connectivity index (χ2v) is 5.47. The van der Waals surface area contributed by atoms with Gasteiger partial charge in [-0.2, -0.15) is 0 Å². The Hall–Kier alpha value is -2.00. The number of ether oxygens (including phenoxy) is 1. The minimum atomic E-state index is 0.310. The molecule has 0 fully saturated rings. The Kier molecular flexibility index (Phi) is 5.23. The Morgan fingerprint density at radius 3 is 2.38 bits per heavy atom. The molecule has 2 aromatic carbocycles. The van der Waals surface area contributed by atoms with Crippen LogP contribution < -0.4 is 15.4 Å². The summed E-state index contributed by atoms with van der Waals surface area (Å²) in [7, 11) is 5.79. The molecule has 0 aliphatic rings. The van der Waals surface area contributed by atoms with Crippen molar-refractivity contribution in [2.45, 2.75) is 12.3 Å². The summed E-state index contributed by atoms with van der Waals surface area (Å²) in [6, 6.07) is 16.8. The summed E-state index contributed by atoms with van der Waals surface area (Å²) >= 11 is 0. The number of hydrogen-bond donors (Lipinski definition) is 1. The van der Waals surface area contributed by atoms with Crippen LogP contribution in [-0.4, -0.2) is 27.7 Å². The Balaban J connectivity index is 2.14. The van der Waals surface area contributed by atoms with E-state index in [9.17, 15) is 0 Å². The molecule has 112 valence electrons. The van der Waals surface area contributed by atoms with E-state index in [1.807, 2.05) is 26.2 Å². The van der Waals surface area contributed by atoms with Gasteiger partial charge in [0.1, 0.15) is 5.75 Å². The molecule has 0 amide bonds. The van der Waals surface area contributed by atoms with Crippen molar-refractivity contribution in [3.63, 3.8) is 0 Å². The quantitative estimate of drug-likeness (QED) is 0.886. The van der Waals surface area contributed by atoms with Gasteiger partial charge in [-0.15, -0.1) is 0 Å². The van der Waals surface area contributed by atoms with E-state index >= 15 is 0 Å². The van der Waals surface area contributed by atoms with E-state index in [0.29, 0.717) is 12.5 Å². The molecule has 1 unspecified atom stereocenters. The van der Waals surface area contributed by atoms with Crippen LogP contribution in [-0.2, 0) is 6.42 Å². The first-order valence-electron chi connectivity index (χ1n) is 7.24. The maximum Gasteiger partial charge on any atom is 0.119 e. The largest absolute Gasteiger partial charge is 0.497 e. The van der Waals surface area contributed by atoms with E-state index in [4.69, 9.17) is 10.5 Å². The van der Waals surface area contributed by atoms with Crippen LogP contribution in [0.2, 0.25) is 0 Å². The van der Waals surface area contributed by atoms with Crippen LogP contribution >= 0.6 is 0 Å². The van der Waals surface area contributed by atoms with E-state index in [2.05, 4.69) is 41.3 Å². The Morgan fingerprint density at radius 2 is 1.81 bits per heavy atom. The third-order valence-electron chi connectivity index (χ3n) is 3.78. The minimum Gasteiger partial charge on any atom is -0.497 e. The van der Waals surface area contributed by atoms with E-state index in [0.717, 1.165) is 12.2 Å². The second kappa shape index (κ2) is 7.14. The summed E-state index contributed by atoms with van der Waals surface area (Å²) in [5, 5.41) is 0. The van der Waals surface area contributed by atoms with E-state index in [-0.39, 0.29) is 0 Å². The van der Waals surface area contributed by atoms with Crippen LogP contribution in [0.15, 0.2) is 48.5 Å². The summed E-state index contributed by atoms with van der Waals surface area (Å²) < 4.78 is 5.30. The first-order chi connectivity index (χ1) is 10.1. The monoisotopic (exact) mass is 284 g/mol. The van der Waals surface area contributed by atoms with Gasteiger partial charge in [0.25, 0.3) is 0 Å². The first kappa shape index (κ1) is 15.4. The van der Waals surface area contributed by atoms with Gasteiger partial charge < -0.3 is 15.4 Å². The molecule has 0 heterocycles. The standard InChI is InChI=1S/C18H24N2O/c1-20(2)17-9-7-14(8-10-17)11-16(13-19)15-5-4-6-18(12-15)21-3/h4-10,12,16H,11,13,19H2,1-3H3. The van der Waals surface area contributed by atoms with Gasteiger partial charge in [-0.1, -0.05) is 24.3 Å². The zero-order valence-corrected chi connectivity index (χ0v) is 13.0. The van der Waals surface area contributed by atoms with Gasteiger partial charge in [0.15, 0.2) is 0 Å². The molecule has 0 aliphatic heterocycles. The first-order valence-corrected chi connectivity index (χ1v) is 7.24. The molecule has 0 radical (unpaired) electrons. The van der Waals surface area contributed by atoms with Gasteiger partial charge in [-0.3, -0.25) is 0 Å². The van der Waals surface area contributed by atoms with Crippen LogP contribution in [0.1, 0.15) is 17.0 Å². The maximum atomic E-state index is 5.97. The molecule has 0 aromatic heterocycles. The van der Waals surface area contributed by atoms with Gasteiger partial charge >= 0.3 is 0 Å². The number of rotatable bonds is 6. The highest BCUT2D eigenvalue weighted by Gasteiger charge is 2.11. The summed E-state index contributed by atoms with van der Waals surface area (Å²) in [6.45, 7) is 0.628. The van der Waals surface area contributed by atoms with E-state index in [1.54, 1.807) is 7.11 Å². The maximum absolute atomic E-state index is 5.97. The van der Waals surface area contributed by atoms with E-state index < -0.39 is 0 Å². The molecule has 0 bridgehead atoms. The Labute approximate surface area is 127 Å². The van der Waals surface area contributed by atoms with E-state index in [1.165, 1.54) is 16.8 Å². The number of hydrogen-bond acceptors (Lipinski definition) is 3. The number of benzene rings is 2. The summed E-state index contributed by atoms with van der Waals surface area (Å²) in [5.74, 6) is 1.19. The minimum absolute atomic E-state index is 0.310. The SMILES string of the molecule is COc1cccc(C(CN)Cc2ccc(N(C)C)cc2)c1. The fraction of sp³-hybridized carbons (Fsp3) is 0.333. The van der Waals surface area contributed by atoms with Gasteiger partial charge in [0, 0.05) is 25.7 Å². The molecule has 2 aromatic rings. The number of methoxy groups -OCH3 is 1. The Bertz CT molecular complexity index is 564. The fourth-order valence-electron chi connectivity index (χ4n) is 2.45. The lowest BCUT2D eigenvalue weighted by Gasteiger charge is -2.17. The second-order valence-electron chi connectivity index (χ2n) is 5.47. The van der Waals surface area contributed by atoms with Crippen LogP contribution in [0, 0.1) is 0 Å². The molecule has 21 heavy (non-hydrogen) atoms. The topological polar surface area (TPSA) is 38.5 Å². The molecule has 1 atom stereocenters. The average molecular weight is 284 g/mol. The van der Waals surface area contributed by atoms with Gasteiger partial charge in [0.05, 0.1) is 7.11 Å².